The molecule has 0 amide bonds. The van der Waals surface area contributed by atoms with Crippen molar-refractivity contribution in [3.8, 4) is 0 Å². The number of ether oxygens (including phenoxy) is 2. The standard InChI is InChI=1S/C16H29O9Si.C3H8O.3Na/c1-5-13(20)7-15(25-12(4)19)9-16(26(21,22)23)8-14(6-10(2)17)24-11(3)18;1-3(2)4;;;/h10,13-17,20H,5-9H2,1-4H3;3-4H,1-2H3;;;/q-3;;3*+1. The first-order valence-electron chi connectivity index (χ1n) is 10.1. The zero-order chi connectivity index (χ0) is 24.1. The van der Waals surface area contributed by atoms with Gasteiger partial charge in [-0.3, -0.25) is 18.4 Å². The van der Waals surface area contributed by atoms with Crippen molar-refractivity contribution in [2.24, 2.45) is 0 Å². The zero-order valence-corrected chi connectivity index (χ0v) is 28.7. The van der Waals surface area contributed by atoms with Crippen molar-refractivity contribution in [2.45, 2.75) is 110 Å². The first-order valence-corrected chi connectivity index (χ1v) is 11.9. The van der Waals surface area contributed by atoms with Crippen molar-refractivity contribution in [1.82, 2.24) is 0 Å². The predicted molar refractivity (Wildman–Crippen MR) is 104 cm³/mol. The normalized spacial score (nSPS) is 15.1. The van der Waals surface area contributed by atoms with Crippen LogP contribution in [0.15, 0.2) is 0 Å². The van der Waals surface area contributed by atoms with E-state index in [2.05, 4.69) is 0 Å². The van der Waals surface area contributed by atoms with Crippen LogP contribution in [0.1, 0.15) is 73.6 Å². The summed E-state index contributed by atoms with van der Waals surface area (Å²) in [5, 5.41) is 27.3. The number of esters is 2. The molecule has 0 aliphatic heterocycles. The fourth-order valence-electron chi connectivity index (χ4n) is 2.72. The molecule has 0 spiro atoms. The topological polar surface area (TPSA) is 182 Å². The Balaban J connectivity index is -0.000000343. The third-order valence-electron chi connectivity index (χ3n) is 3.87. The zero-order valence-electron chi connectivity index (χ0n) is 21.7. The van der Waals surface area contributed by atoms with Crippen molar-refractivity contribution < 1.29 is 137 Å². The van der Waals surface area contributed by atoms with Crippen LogP contribution < -0.4 is 103 Å². The molecule has 0 saturated heterocycles. The van der Waals surface area contributed by atoms with Crippen LogP contribution in [-0.4, -0.2) is 66.6 Å². The number of rotatable bonds is 12. The third-order valence-corrected chi connectivity index (χ3v) is 5.34. The Kier molecular flexibility index (Phi) is 33.0. The first kappa shape index (κ1) is 44.9. The number of aliphatic hydroxyl groups excluding tert-OH is 3. The average molecular weight is 523 g/mol. The Morgan fingerprint density at radius 2 is 1.12 bits per heavy atom. The van der Waals surface area contributed by atoms with Crippen LogP contribution in [0.5, 0.6) is 0 Å². The monoisotopic (exact) mass is 522 g/mol. The molecular formula is C19H37Na3O10Si. The smallest absolute Gasteiger partial charge is 0.881 e. The summed E-state index contributed by atoms with van der Waals surface area (Å²) in [6.45, 7) is 8.88. The second-order valence-electron chi connectivity index (χ2n) is 7.71. The van der Waals surface area contributed by atoms with Gasteiger partial charge in [0.05, 0.1) is 12.2 Å². The van der Waals surface area contributed by atoms with E-state index in [0.717, 1.165) is 13.8 Å². The van der Waals surface area contributed by atoms with E-state index in [0.29, 0.717) is 6.42 Å². The van der Waals surface area contributed by atoms with Gasteiger partial charge in [-0.25, -0.2) is 0 Å². The first-order chi connectivity index (χ1) is 13.6. The fraction of sp³-hybridized carbons (Fsp3) is 0.895. The summed E-state index contributed by atoms with van der Waals surface area (Å²) in [5.41, 5.74) is -1.45. The van der Waals surface area contributed by atoms with Gasteiger partial charge < -0.3 is 39.2 Å². The van der Waals surface area contributed by atoms with Gasteiger partial charge in [-0.15, -0.1) is 0 Å². The van der Waals surface area contributed by atoms with Crippen molar-refractivity contribution in [1.29, 1.82) is 0 Å². The maximum absolute atomic E-state index is 11.7. The summed E-state index contributed by atoms with van der Waals surface area (Å²) in [6.07, 6.45) is -4.06. The van der Waals surface area contributed by atoms with Crippen LogP contribution in [0.25, 0.3) is 0 Å². The molecule has 0 radical (unpaired) electrons. The van der Waals surface area contributed by atoms with E-state index < -0.39 is 50.7 Å². The second kappa shape index (κ2) is 24.3. The van der Waals surface area contributed by atoms with E-state index in [9.17, 15) is 34.2 Å². The van der Waals surface area contributed by atoms with Gasteiger partial charge in [-0.05, 0) is 40.0 Å². The van der Waals surface area contributed by atoms with Crippen LogP contribution in [0.4, 0.5) is 0 Å². The van der Waals surface area contributed by atoms with Crippen LogP contribution in [0.2, 0.25) is 5.54 Å². The Labute approximate surface area is 265 Å². The molecule has 10 nitrogen and oxygen atoms in total. The molecule has 180 valence electrons. The van der Waals surface area contributed by atoms with Gasteiger partial charge in [0.2, 0.25) is 0 Å². The molecule has 0 aliphatic carbocycles. The van der Waals surface area contributed by atoms with Gasteiger partial charge in [-0.1, -0.05) is 12.5 Å². The fourth-order valence-corrected chi connectivity index (χ4v) is 3.83. The van der Waals surface area contributed by atoms with Crippen LogP contribution >= 0.6 is 0 Å². The molecule has 0 saturated carbocycles. The average Bonchev–Trinajstić information content (AvgIpc) is 2.50. The summed E-state index contributed by atoms with van der Waals surface area (Å²) in [6, 6.07) is 0. The van der Waals surface area contributed by atoms with Crippen LogP contribution in [0, 0.1) is 0 Å². The molecule has 0 aromatic carbocycles. The molecule has 5 atom stereocenters. The van der Waals surface area contributed by atoms with E-state index in [4.69, 9.17) is 14.6 Å². The molecule has 33 heavy (non-hydrogen) atoms. The third kappa shape index (κ3) is 30.0. The van der Waals surface area contributed by atoms with Gasteiger partial charge in [0.15, 0.2) is 0 Å². The molecule has 0 rings (SSSR count). The SMILES string of the molecule is CC(C)O.CCC(O)CC(CC(CC(CC(C)O)OC(C)=O)[Si]([O-])([O-])[O-])OC(C)=O.[Na+].[Na+].[Na+]. The van der Waals surface area contributed by atoms with Crippen molar-refractivity contribution >= 4 is 20.7 Å². The summed E-state index contributed by atoms with van der Waals surface area (Å²) in [4.78, 5) is 57.6. The predicted octanol–water partition coefficient (Wildman–Crippen LogP) is -10.6. The van der Waals surface area contributed by atoms with Crippen molar-refractivity contribution in [3.05, 3.63) is 0 Å². The molecule has 0 aromatic rings. The van der Waals surface area contributed by atoms with E-state index in [-0.39, 0.29) is 120 Å². The number of hydrogen-bond donors (Lipinski definition) is 3. The van der Waals surface area contributed by atoms with E-state index in [1.54, 1.807) is 20.8 Å². The minimum absolute atomic E-state index is 0. The summed E-state index contributed by atoms with van der Waals surface area (Å²) < 4.78 is 10.0. The second-order valence-corrected chi connectivity index (χ2v) is 9.73. The van der Waals surface area contributed by atoms with Gasteiger partial charge in [0, 0.05) is 32.8 Å². The van der Waals surface area contributed by atoms with Gasteiger partial charge in [0.1, 0.15) is 12.2 Å². The largest absolute Gasteiger partial charge is 1.00 e. The van der Waals surface area contributed by atoms with Crippen LogP contribution in [-0.2, 0) is 19.1 Å². The number of hydrogen-bond acceptors (Lipinski definition) is 10. The molecular weight excluding hydrogens is 485 g/mol. The quantitative estimate of drug-likeness (QED) is 0.164. The molecule has 0 heterocycles. The van der Waals surface area contributed by atoms with Crippen LogP contribution in [0.3, 0.4) is 0 Å². The van der Waals surface area contributed by atoms with Crippen molar-refractivity contribution in [2.75, 3.05) is 0 Å². The summed E-state index contributed by atoms with van der Waals surface area (Å²) in [5.74, 6) is -1.32. The summed E-state index contributed by atoms with van der Waals surface area (Å²) >= 11 is 0. The Bertz CT molecular complexity index is 490. The minimum Gasteiger partial charge on any atom is -0.881 e. The maximum atomic E-state index is 11.7. The molecule has 5 unspecified atom stereocenters. The Morgan fingerprint density at radius 1 is 0.788 bits per heavy atom. The Hall–Kier alpha value is 1.92. The minimum atomic E-state index is -5.42. The maximum Gasteiger partial charge on any atom is 1.00 e. The van der Waals surface area contributed by atoms with E-state index in [1.807, 2.05) is 0 Å². The van der Waals surface area contributed by atoms with Gasteiger partial charge >= 0.3 is 101 Å². The van der Waals surface area contributed by atoms with Gasteiger partial charge in [0.25, 0.3) is 0 Å². The molecule has 0 aliphatic rings. The van der Waals surface area contributed by atoms with E-state index in [1.165, 1.54) is 6.92 Å². The van der Waals surface area contributed by atoms with E-state index >= 15 is 0 Å². The molecule has 14 heteroatoms. The Morgan fingerprint density at radius 3 is 1.36 bits per heavy atom. The molecule has 3 N–H and O–H groups in total. The number of carbonyl (C=O) groups is 2. The molecule has 0 aromatic heterocycles. The number of carbonyl (C=O) groups excluding carboxylic acids is 2. The molecule has 0 fully saturated rings. The van der Waals surface area contributed by atoms with Crippen molar-refractivity contribution in [3.63, 3.8) is 0 Å². The summed E-state index contributed by atoms with van der Waals surface area (Å²) in [7, 11) is -5.42. The number of aliphatic hydroxyl groups is 3. The van der Waals surface area contributed by atoms with Gasteiger partial charge in [-0.2, -0.15) is 0 Å². The molecule has 0 bridgehead atoms.